The van der Waals surface area contributed by atoms with E-state index in [4.69, 9.17) is 5.73 Å². The topological polar surface area (TPSA) is 49.8 Å². The van der Waals surface area contributed by atoms with E-state index >= 15 is 0 Å². The number of nitriles is 1. The molecule has 0 aliphatic carbocycles. The van der Waals surface area contributed by atoms with Gasteiger partial charge in [0.15, 0.2) is 0 Å². The van der Waals surface area contributed by atoms with Gasteiger partial charge in [-0.2, -0.15) is 5.26 Å². The van der Waals surface area contributed by atoms with Crippen molar-refractivity contribution in [3.8, 4) is 28.3 Å². The van der Waals surface area contributed by atoms with E-state index in [9.17, 15) is 5.26 Å². The number of hydrogen-bond donors (Lipinski definition) is 1. The normalized spacial score (nSPS) is 11.7. The second-order valence-electron chi connectivity index (χ2n) is 10.2. The molecule has 2 N–H and O–H groups in total. The summed E-state index contributed by atoms with van der Waals surface area (Å²) < 4.78 is 0. The van der Waals surface area contributed by atoms with Gasteiger partial charge >= 0.3 is 0 Å². The molecule has 0 amide bonds. The molecule has 200 valence electrons. The molecule has 0 aliphatic rings. The molecule has 0 aliphatic heterocycles. The van der Waals surface area contributed by atoms with Gasteiger partial charge in [0.1, 0.15) is 0 Å². The lowest BCUT2D eigenvalue weighted by molar-refractivity contribution is 1.28. The number of nitrogens with two attached hydrogens (primary N) is 1. The molecule has 0 saturated carbocycles. The Morgan fingerprint density at radius 3 is 1.76 bits per heavy atom. The van der Waals surface area contributed by atoms with Crippen LogP contribution in [-0.2, 0) is 6.42 Å². The van der Waals surface area contributed by atoms with Crippen molar-refractivity contribution in [1.29, 1.82) is 5.26 Å². The quantitative estimate of drug-likeness (QED) is 0.125. The molecule has 0 unspecified atom stereocenters. The predicted octanol–water partition coefficient (Wildman–Crippen LogP) is 10.2. The van der Waals surface area contributed by atoms with E-state index < -0.39 is 0 Å². The third-order valence-corrected chi connectivity index (χ3v) is 8.00. The molecule has 6 aromatic rings. The van der Waals surface area contributed by atoms with Gasteiger partial charge < -0.3 is 5.73 Å². The molecule has 0 bridgehead atoms. The first-order valence-electron chi connectivity index (χ1n) is 14.0. The van der Waals surface area contributed by atoms with Gasteiger partial charge in [0.05, 0.1) is 6.07 Å². The first-order chi connectivity index (χ1) is 20.7. The number of benzene rings is 6. The second kappa shape index (κ2) is 11.5. The van der Waals surface area contributed by atoms with Crippen LogP contribution in [0.3, 0.4) is 0 Å². The van der Waals surface area contributed by atoms with Gasteiger partial charge in [-0.15, -0.1) is 0 Å². The molecule has 6 rings (SSSR count). The molecular weight excluding hydrogens is 508 g/mol. The summed E-state index contributed by atoms with van der Waals surface area (Å²) >= 11 is 0. The van der Waals surface area contributed by atoms with E-state index in [0.717, 1.165) is 22.3 Å². The summed E-state index contributed by atoms with van der Waals surface area (Å²) in [5, 5.41) is 16.6. The maximum absolute atomic E-state index is 9.47. The van der Waals surface area contributed by atoms with E-state index in [1.807, 2.05) is 18.2 Å². The zero-order valence-corrected chi connectivity index (χ0v) is 23.3. The van der Waals surface area contributed by atoms with Gasteiger partial charge in [-0.3, -0.25) is 0 Å². The SMILES string of the molecule is C=Cc1cccc(-c2c3ccccc3c(-c3ccc(C/C=C(C#N)\C=C/N)c4ccccc34)c3ccccc23)c1C=C. The second-order valence-corrected chi connectivity index (χ2v) is 10.2. The molecule has 2 heteroatoms. The van der Waals surface area contributed by atoms with Crippen molar-refractivity contribution in [2.24, 2.45) is 5.73 Å². The number of fused-ring (bicyclic) bond motifs is 3. The standard InChI is InChI=1S/C40H30N2/c1-3-28-12-11-19-33(30(28)4-2)39-34-15-7-9-17-36(34)40(37-18-10-8-16-35(37)39)38-23-22-29(21-20-27(26-42)24-25-41)31-13-5-6-14-32(31)38/h3-20,22-25H,1-2,21,41H2/b25-24-,27-20+. The molecule has 0 heterocycles. The van der Waals surface area contributed by atoms with Crippen LogP contribution in [0.25, 0.3) is 66.7 Å². The number of rotatable bonds is 7. The minimum atomic E-state index is 0.553. The molecule has 42 heavy (non-hydrogen) atoms. The zero-order valence-electron chi connectivity index (χ0n) is 23.3. The molecule has 0 saturated heterocycles. The minimum absolute atomic E-state index is 0.553. The maximum atomic E-state index is 9.47. The lowest BCUT2D eigenvalue weighted by Gasteiger charge is -2.20. The highest BCUT2D eigenvalue weighted by Crippen LogP contribution is 2.46. The molecule has 2 nitrogen and oxygen atoms in total. The van der Waals surface area contributed by atoms with Gasteiger partial charge in [0.25, 0.3) is 0 Å². The van der Waals surface area contributed by atoms with Crippen LogP contribution in [0, 0.1) is 11.3 Å². The van der Waals surface area contributed by atoms with Crippen LogP contribution in [-0.4, -0.2) is 0 Å². The van der Waals surface area contributed by atoms with Crippen molar-refractivity contribution in [3.05, 3.63) is 157 Å². The molecule has 0 atom stereocenters. The van der Waals surface area contributed by atoms with Gasteiger partial charge in [-0.25, -0.2) is 0 Å². The first kappa shape index (κ1) is 26.6. The Balaban J connectivity index is 1.69. The van der Waals surface area contributed by atoms with Crippen molar-refractivity contribution < 1.29 is 0 Å². The van der Waals surface area contributed by atoms with Gasteiger partial charge in [-0.05, 0) is 90.0 Å². The largest absolute Gasteiger partial charge is 0.405 e. The number of hydrogen-bond acceptors (Lipinski definition) is 2. The van der Waals surface area contributed by atoms with Crippen LogP contribution in [0.1, 0.15) is 16.7 Å². The molecule has 0 aromatic heterocycles. The minimum Gasteiger partial charge on any atom is -0.405 e. The average Bonchev–Trinajstić information content (AvgIpc) is 3.05. The van der Waals surface area contributed by atoms with Crippen LogP contribution < -0.4 is 5.73 Å². The Labute approximate surface area is 246 Å². The highest BCUT2D eigenvalue weighted by molar-refractivity contribution is 6.24. The summed E-state index contributed by atoms with van der Waals surface area (Å²) in [5.74, 6) is 0. The van der Waals surface area contributed by atoms with Crippen molar-refractivity contribution in [2.75, 3.05) is 0 Å². The van der Waals surface area contributed by atoms with Crippen LogP contribution in [0.5, 0.6) is 0 Å². The molecule has 0 spiro atoms. The maximum Gasteiger partial charge on any atom is 0.0988 e. The van der Waals surface area contributed by atoms with Crippen molar-refractivity contribution in [3.63, 3.8) is 0 Å². The van der Waals surface area contributed by atoms with Crippen LogP contribution in [0.15, 0.2) is 140 Å². The van der Waals surface area contributed by atoms with Gasteiger partial charge in [-0.1, -0.05) is 135 Å². The van der Waals surface area contributed by atoms with Gasteiger partial charge in [0.2, 0.25) is 0 Å². The van der Waals surface area contributed by atoms with E-state index in [1.165, 1.54) is 55.2 Å². The van der Waals surface area contributed by atoms with Crippen molar-refractivity contribution in [2.45, 2.75) is 6.42 Å². The molecular formula is C40H30N2. The lowest BCUT2D eigenvalue weighted by Crippen LogP contribution is -1.95. The zero-order chi connectivity index (χ0) is 29.1. The number of allylic oxidation sites excluding steroid dienone is 3. The predicted molar refractivity (Wildman–Crippen MR) is 181 cm³/mol. The van der Waals surface area contributed by atoms with E-state index in [0.29, 0.717) is 12.0 Å². The van der Waals surface area contributed by atoms with Crippen LogP contribution in [0.2, 0.25) is 0 Å². The summed E-state index contributed by atoms with van der Waals surface area (Å²) in [6, 6.07) is 38.9. The smallest absolute Gasteiger partial charge is 0.0988 e. The van der Waals surface area contributed by atoms with E-state index in [-0.39, 0.29) is 0 Å². The summed E-state index contributed by atoms with van der Waals surface area (Å²) in [5.41, 5.74) is 14.1. The third-order valence-electron chi connectivity index (χ3n) is 8.00. The fourth-order valence-corrected chi connectivity index (χ4v) is 6.15. The lowest BCUT2D eigenvalue weighted by atomic mass is 9.82. The Kier molecular flexibility index (Phi) is 7.24. The highest BCUT2D eigenvalue weighted by atomic mass is 14.5. The van der Waals surface area contributed by atoms with E-state index in [1.54, 1.807) is 6.08 Å². The highest BCUT2D eigenvalue weighted by Gasteiger charge is 2.19. The Hall–Kier alpha value is -5.65. The summed E-state index contributed by atoms with van der Waals surface area (Å²) in [4.78, 5) is 0. The summed E-state index contributed by atoms with van der Waals surface area (Å²) in [6.45, 7) is 8.20. The average molecular weight is 539 g/mol. The third kappa shape index (κ3) is 4.48. The Morgan fingerprint density at radius 1 is 0.643 bits per heavy atom. The van der Waals surface area contributed by atoms with Gasteiger partial charge in [0, 0.05) is 5.57 Å². The number of nitrogens with zero attached hydrogens (tertiary/aromatic N) is 1. The molecule has 0 radical (unpaired) electrons. The van der Waals surface area contributed by atoms with E-state index in [2.05, 4.69) is 122 Å². The fourth-order valence-electron chi connectivity index (χ4n) is 6.15. The van der Waals surface area contributed by atoms with Crippen LogP contribution >= 0.6 is 0 Å². The molecule has 0 fully saturated rings. The Morgan fingerprint density at radius 2 is 1.21 bits per heavy atom. The van der Waals surface area contributed by atoms with Crippen molar-refractivity contribution in [1.82, 2.24) is 0 Å². The summed E-state index contributed by atoms with van der Waals surface area (Å²) in [6.07, 6.45) is 9.44. The Bertz CT molecular complexity index is 2060. The fraction of sp³-hybridized carbons (Fsp3) is 0.0250. The first-order valence-corrected chi connectivity index (χ1v) is 14.0. The monoisotopic (exact) mass is 538 g/mol. The van der Waals surface area contributed by atoms with Crippen LogP contribution in [0.4, 0.5) is 0 Å². The summed E-state index contributed by atoms with van der Waals surface area (Å²) in [7, 11) is 0. The van der Waals surface area contributed by atoms with Crippen molar-refractivity contribution >= 4 is 44.5 Å². The molecule has 6 aromatic carbocycles.